The lowest BCUT2D eigenvalue weighted by Crippen LogP contribution is -1.97. The molecule has 0 aliphatic carbocycles. The average molecular weight is 301 g/mol. The van der Waals surface area contributed by atoms with Crippen molar-refractivity contribution in [3.8, 4) is 0 Å². The van der Waals surface area contributed by atoms with Gasteiger partial charge in [0.15, 0.2) is 0 Å². The highest BCUT2D eigenvalue weighted by atomic mass is 127. The summed E-state index contributed by atoms with van der Waals surface area (Å²) in [5.41, 5.74) is 1.44. The molecule has 0 fully saturated rings. The quantitative estimate of drug-likeness (QED) is 0.696. The van der Waals surface area contributed by atoms with Gasteiger partial charge in [-0.25, -0.2) is 0 Å². The topological polar surface area (TPSA) is 0 Å². The Morgan fingerprint density at radius 2 is 1.86 bits per heavy atom. The molecule has 1 aromatic carbocycles. The van der Waals surface area contributed by atoms with Crippen molar-refractivity contribution in [2.24, 2.45) is 0 Å². The van der Waals surface area contributed by atoms with Crippen molar-refractivity contribution in [2.75, 3.05) is 0 Å². The molecule has 14 heavy (non-hydrogen) atoms. The predicted octanol–water partition coefficient (Wildman–Crippen LogP) is 4.62. The summed E-state index contributed by atoms with van der Waals surface area (Å²) in [6.45, 7) is 4.52. The molecule has 0 saturated heterocycles. The van der Waals surface area contributed by atoms with Gasteiger partial charge in [-0.15, -0.1) is 0 Å². The summed E-state index contributed by atoms with van der Waals surface area (Å²) >= 11 is 2.35. The van der Waals surface area contributed by atoms with Crippen LogP contribution in [0.3, 0.4) is 0 Å². The fraction of sp³-hybridized carbons (Fsp3) is 0.462. The minimum Gasteiger partial charge on any atom is -0.0654 e. The van der Waals surface area contributed by atoms with Crippen molar-refractivity contribution in [1.82, 2.24) is 0 Å². The van der Waals surface area contributed by atoms with Crippen LogP contribution in [0.5, 0.6) is 0 Å². The molecule has 1 radical (unpaired) electrons. The lowest BCUT2D eigenvalue weighted by molar-refractivity contribution is 0.701. The number of hydrogen-bond acceptors (Lipinski definition) is 0. The Balaban J connectivity index is 2.39. The molecule has 0 atom stereocenters. The van der Waals surface area contributed by atoms with Crippen LogP contribution in [0.2, 0.25) is 0 Å². The minimum atomic E-state index is 1.15. The Hall–Kier alpha value is -0.0500. The van der Waals surface area contributed by atoms with Gasteiger partial charge >= 0.3 is 0 Å². The zero-order chi connectivity index (χ0) is 10.4. The summed E-state index contributed by atoms with van der Waals surface area (Å²) in [4.78, 5) is 0. The molecule has 77 valence electrons. The van der Waals surface area contributed by atoms with E-state index in [9.17, 15) is 0 Å². The van der Waals surface area contributed by atoms with Crippen LogP contribution in [0.15, 0.2) is 24.3 Å². The monoisotopic (exact) mass is 301 g/mol. The Labute approximate surface area is 101 Å². The molecule has 0 aromatic heterocycles. The first-order valence-corrected chi connectivity index (χ1v) is 6.36. The second kappa shape index (κ2) is 6.44. The van der Waals surface area contributed by atoms with Crippen molar-refractivity contribution in [3.63, 3.8) is 0 Å². The van der Waals surface area contributed by atoms with Crippen LogP contribution in [0.4, 0.5) is 0 Å². The fourth-order valence-corrected chi connectivity index (χ4v) is 1.88. The Bertz CT molecular complexity index is 250. The van der Waals surface area contributed by atoms with Gasteiger partial charge in [-0.05, 0) is 59.0 Å². The maximum absolute atomic E-state index is 2.35. The lowest BCUT2D eigenvalue weighted by atomic mass is 9.96. The van der Waals surface area contributed by atoms with Crippen LogP contribution in [-0.4, -0.2) is 0 Å². The number of halogens is 1. The molecule has 1 rings (SSSR count). The molecule has 0 spiro atoms. The number of unbranched alkanes of at least 4 members (excludes halogenated alkanes) is 1. The van der Waals surface area contributed by atoms with E-state index in [4.69, 9.17) is 0 Å². The highest BCUT2D eigenvalue weighted by Crippen LogP contribution is 2.17. The van der Waals surface area contributed by atoms with Gasteiger partial charge in [0.05, 0.1) is 0 Å². The van der Waals surface area contributed by atoms with E-state index in [1.807, 2.05) is 0 Å². The third-order valence-corrected chi connectivity index (χ3v) is 3.10. The van der Waals surface area contributed by atoms with E-state index in [2.05, 4.69) is 60.7 Å². The highest BCUT2D eigenvalue weighted by Gasteiger charge is 2.03. The minimum absolute atomic E-state index is 1.15. The first-order chi connectivity index (χ1) is 6.72. The lowest BCUT2D eigenvalue weighted by Gasteiger charge is -2.09. The summed E-state index contributed by atoms with van der Waals surface area (Å²) < 4.78 is 1.32. The molecular formula is C13H18I. The van der Waals surface area contributed by atoms with Gasteiger partial charge in [-0.1, -0.05) is 38.8 Å². The maximum Gasteiger partial charge on any atom is 0.0130 e. The van der Waals surface area contributed by atoms with Crippen LogP contribution in [-0.2, 0) is 6.42 Å². The summed E-state index contributed by atoms with van der Waals surface area (Å²) in [5, 5.41) is 0. The molecule has 0 aliphatic rings. The Kier molecular flexibility index (Phi) is 5.53. The van der Waals surface area contributed by atoms with Crippen LogP contribution in [0.25, 0.3) is 0 Å². The second-order valence-electron chi connectivity index (χ2n) is 3.86. The zero-order valence-corrected chi connectivity index (χ0v) is 11.2. The van der Waals surface area contributed by atoms with Crippen LogP contribution in [0, 0.1) is 9.49 Å². The van der Waals surface area contributed by atoms with E-state index in [1.54, 1.807) is 5.92 Å². The molecule has 1 aromatic rings. The van der Waals surface area contributed by atoms with Crippen molar-refractivity contribution in [1.29, 1.82) is 0 Å². The van der Waals surface area contributed by atoms with Gasteiger partial charge in [0.2, 0.25) is 0 Å². The molecule has 0 heterocycles. The van der Waals surface area contributed by atoms with Gasteiger partial charge in [0.25, 0.3) is 0 Å². The predicted molar refractivity (Wildman–Crippen MR) is 71.3 cm³/mol. The van der Waals surface area contributed by atoms with Crippen molar-refractivity contribution in [2.45, 2.75) is 39.5 Å². The van der Waals surface area contributed by atoms with Crippen molar-refractivity contribution >= 4 is 22.6 Å². The zero-order valence-electron chi connectivity index (χ0n) is 9.02. The molecule has 0 bridgehead atoms. The number of hydrogen-bond donors (Lipinski definition) is 0. The van der Waals surface area contributed by atoms with E-state index in [0.717, 1.165) is 6.42 Å². The Morgan fingerprint density at radius 1 is 1.21 bits per heavy atom. The molecule has 0 nitrogen and oxygen atoms in total. The van der Waals surface area contributed by atoms with Gasteiger partial charge in [-0.3, -0.25) is 0 Å². The van der Waals surface area contributed by atoms with E-state index >= 15 is 0 Å². The summed E-state index contributed by atoms with van der Waals surface area (Å²) in [6, 6.07) is 8.83. The molecule has 0 aliphatic heterocycles. The van der Waals surface area contributed by atoms with Crippen molar-refractivity contribution < 1.29 is 0 Å². The van der Waals surface area contributed by atoms with Crippen molar-refractivity contribution in [3.05, 3.63) is 39.3 Å². The third kappa shape index (κ3) is 4.45. The average Bonchev–Trinajstić information content (AvgIpc) is 2.18. The van der Waals surface area contributed by atoms with Gasteiger partial charge < -0.3 is 0 Å². The van der Waals surface area contributed by atoms with Crippen LogP contribution in [0.1, 0.15) is 38.7 Å². The fourth-order valence-electron chi connectivity index (χ4n) is 1.52. The van der Waals surface area contributed by atoms with E-state index in [1.165, 1.54) is 28.4 Å². The summed E-state index contributed by atoms with van der Waals surface area (Å²) in [6.07, 6.45) is 5.06. The molecule has 0 N–H and O–H groups in total. The molecule has 1 heteroatoms. The smallest absolute Gasteiger partial charge is 0.0130 e. The molecule has 0 unspecified atom stereocenters. The Morgan fingerprint density at radius 3 is 2.43 bits per heavy atom. The van der Waals surface area contributed by atoms with Gasteiger partial charge in [0, 0.05) is 3.57 Å². The van der Waals surface area contributed by atoms with Crippen LogP contribution >= 0.6 is 22.6 Å². The van der Waals surface area contributed by atoms with Crippen LogP contribution < -0.4 is 0 Å². The first kappa shape index (κ1) is 12.0. The number of benzene rings is 1. The largest absolute Gasteiger partial charge is 0.0654 e. The molecular weight excluding hydrogens is 283 g/mol. The van der Waals surface area contributed by atoms with E-state index in [0.29, 0.717) is 0 Å². The second-order valence-corrected chi connectivity index (χ2v) is 5.11. The summed E-state index contributed by atoms with van der Waals surface area (Å²) in [5.74, 6) is 1.60. The summed E-state index contributed by atoms with van der Waals surface area (Å²) in [7, 11) is 0. The van der Waals surface area contributed by atoms with E-state index < -0.39 is 0 Å². The standard InChI is InChI=1S/C13H18I/c1-3-4-5-11(2)10-12-6-8-13(14)9-7-12/h6-9H,3-5,10H2,1-2H3. The SMILES string of the molecule is CCCC[C](C)Cc1ccc(I)cc1. The number of rotatable bonds is 5. The molecule has 0 saturated carbocycles. The molecule has 0 amide bonds. The highest BCUT2D eigenvalue weighted by molar-refractivity contribution is 14.1. The first-order valence-electron chi connectivity index (χ1n) is 5.28. The normalized spacial score (nSPS) is 10.9. The van der Waals surface area contributed by atoms with Gasteiger partial charge in [-0.2, -0.15) is 0 Å². The van der Waals surface area contributed by atoms with E-state index in [-0.39, 0.29) is 0 Å². The third-order valence-electron chi connectivity index (χ3n) is 2.38. The van der Waals surface area contributed by atoms with Gasteiger partial charge in [0.1, 0.15) is 0 Å². The maximum atomic E-state index is 2.35.